The zero-order valence-electron chi connectivity index (χ0n) is 18.9. The number of fused-ring (bicyclic) bond motifs is 3. The van der Waals surface area contributed by atoms with Crippen molar-refractivity contribution in [1.82, 2.24) is 0 Å². The number of halogens is 4. The molecule has 0 radical (unpaired) electrons. The maximum Gasteiger partial charge on any atom is 0.418 e. The van der Waals surface area contributed by atoms with Crippen LogP contribution in [0.3, 0.4) is 0 Å². The van der Waals surface area contributed by atoms with Crippen LogP contribution in [0.5, 0.6) is 0 Å². The van der Waals surface area contributed by atoms with Crippen molar-refractivity contribution in [2.45, 2.75) is 40.1 Å². The third kappa shape index (κ3) is 4.61. The van der Waals surface area contributed by atoms with Crippen LogP contribution in [0.2, 0.25) is 0 Å². The molecule has 3 aromatic rings. The number of benzene rings is 3. The van der Waals surface area contributed by atoms with E-state index in [1.807, 2.05) is 0 Å². The minimum atomic E-state index is -4.63. The Kier molecular flexibility index (Phi) is 6.53. The number of nitrogens with one attached hydrogen (secondary N) is 1. The van der Waals surface area contributed by atoms with Crippen molar-refractivity contribution in [2.75, 3.05) is 5.32 Å². The van der Waals surface area contributed by atoms with Gasteiger partial charge in [-0.2, -0.15) is 13.2 Å². The standard InChI is InChI=1S/C25H19ClF3N3O4S/c26-22-20(37-19-10-2-1-9-18(19)32(35)36)12-16-21(22)15-7-4-8-17(25(27,28)29)24(15)30-23(16)13-5-3-6-14(11-13)31(33)34/h1-11,16,20-23,30H,12H2. The normalized spacial score (nSPS) is 24.6. The summed E-state index contributed by atoms with van der Waals surface area (Å²) >= 11 is 8.19. The van der Waals surface area contributed by atoms with Crippen molar-refractivity contribution in [3.8, 4) is 0 Å². The summed E-state index contributed by atoms with van der Waals surface area (Å²) in [6.45, 7) is 0. The van der Waals surface area contributed by atoms with Gasteiger partial charge in [0.1, 0.15) is 0 Å². The van der Waals surface area contributed by atoms with Crippen molar-refractivity contribution >= 4 is 40.4 Å². The zero-order chi connectivity index (χ0) is 26.5. The quantitative estimate of drug-likeness (QED) is 0.200. The lowest BCUT2D eigenvalue weighted by Gasteiger charge is -2.39. The Morgan fingerprint density at radius 2 is 1.70 bits per heavy atom. The van der Waals surface area contributed by atoms with Gasteiger partial charge in [0.05, 0.1) is 37.4 Å². The predicted octanol–water partition coefficient (Wildman–Crippen LogP) is 7.56. The topological polar surface area (TPSA) is 98.3 Å². The molecular weight excluding hydrogens is 531 g/mol. The van der Waals surface area contributed by atoms with E-state index < -0.39 is 38.9 Å². The number of non-ortho nitro benzene ring substituents is 1. The summed E-state index contributed by atoms with van der Waals surface area (Å²) in [5.74, 6) is -0.814. The van der Waals surface area contributed by atoms with Crippen LogP contribution in [0.25, 0.3) is 0 Å². The van der Waals surface area contributed by atoms with Gasteiger partial charge in [0.15, 0.2) is 0 Å². The molecule has 0 saturated heterocycles. The average molecular weight is 550 g/mol. The molecule has 0 bridgehead atoms. The third-order valence-corrected chi connectivity index (χ3v) is 9.05. The van der Waals surface area contributed by atoms with Crippen LogP contribution >= 0.6 is 23.4 Å². The van der Waals surface area contributed by atoms with Gasteiger partial charge in [-0.15, -0.1) is 23.4 Å². The predicted molar refractivity (Wildman–Crippen MR) is 134 cm³/mol. The maximum absolute atomic E-state index is 14.0. The smallest absolute Gasteiger partial charge is 0.377 e. The molecular formula is C25H19ClF3N3O4S. The minimum absolute atomic E-state index is 0.0700. The van der Waals surface area contributed by atoms with Gasteiger partial charge in [-0.05, 0) is 35.6 Å². The Morgan fingerprint density at radius 1 is 0.973 bits per heavy atom. The summed E-state index contributed by atoms with van der Waals surface area (Å²) < 4.78 is 41.9. The first kappa shape index (κ1) is 25.3. The second kappa shape index (κ2) is 9.53. The third-order valence-electron chi connectivity index (χ3n) is 6.93. The van der Waals surface area contributed by atoms with E-state index >= 15 is 0 Å². The highest BCUT2D eigenvalue weighted by Gasteiger charge is 2.52. The van der Waals surface area contributed by atoms with Crippen LogP contribution in [-0.4, -0.2) is 20.5 Å². The van der Waals surface area contributed by atoms with Crippen LogP contribution in [0, 0.1) is 26.1 Å². The van der Waals surface area contributed by atoms with Gasteiger partial charge in [0, 0.05) is 29.4 Å². The number of thioether (sulfide) groups is 1. The lowest BCUT2D eigenvalue weighted by molar-refractivity contribution is -0.387. The highest BCUT2D eigenvalue weighted by molar-refractivity contribution is 8.00. The Hall–Kier alpha value is -3.31. The van der Waals surface area contributed by atoms with Gasteiger partial charge in [-0.1, -0.05) is 36.4 Å². The summed E-state index contributed by atoms with van der Waals surface area (Å²) in [6.07, 6.45) is -4.19. The van der Waals surface area contributed by atoms with E-state index in [-0.39, 0.29) is 28.2 Å². The number of nitrogens with zero attached hydrogens (tertiary/aromatic N) is 2. The largest absolute Gasteiger partial charge is 0.418 e. The van der Waals surface area contributed by atoms with Crippen LogP contribution in [-0.2, 0) is 6.18 Å². The van der Waals surface area contributed by atoms with Crippen molar-refractivity contribution in [1.29, 1.82) is 0 Å². The van der Waals surface area contributed by atoms with Gasteiger partial charge >= 0.3 is 6.18 Å². The Balaban J connectivity index is 1.60. The number of nitro groups is 2. The number of rotatable bonds is 5. The van der Waals surface area contributed by atoms with Gasteiger partial charge in [0.2, 0.25) is 0 Å². The van der Waals surface area contributed by atoms with Crippen LogP contribution in [0.4, 0.5) is 30.2 Å². The molecule has 1 N–H and O–H groups in total. The highest BCUT2D eigenvalue weighted by Crippen LogP contribution is 2.59. The fraction of sp³-hybridized carbons (Fsp3) is 0.280. The van der Waals surface area contributed by atoms with Gasteiger partial charge in [-0.25, -0.2) is 0 Å². The summed E-state index contributed by atoms with van der Waals surface area (Å²) in [5.41, 5.74) is -0.261. The molecule has 12 heteroatoms. The van der Waals surface area contributed by atoms with Crippen molar-refractivity contribution in [2.24, 2.45) is 5.92 Å². The van der Waals surface area contributed by atoms with Crippen LogP contribution in [0.15, 0.2) is 71.6 Å². The molecule has 3 aromatic carbocycles. The fourth-order valence-electron chi connectivity index (χ4n) is 5.41. The number of alkyl halides is 4. The van der Waals surface area contributed by atoms with E-state index in [9.17, 15) is 33.4 Å². The van der Waals surface area contributed by atoms with Crippen LogP contribution in [0.1, 0.15) is 35.1 Å². The monoisotopic (exact) mass is 549 g/mol. The maximum atomic E-state index is 14.0. The van der Waals surface area contributed by atoms with Crippen molar-refractivity contribution in [3.05, 3.63) is 104 Å². The Labute approximate surface area is 218 Å². The fourth-order valence-corrected chi connectivity index (χ4v) is 7.36. The summed E-state index contributed by atoms with van der Waals surface area (Å²) in [4.78, 5) is 22.3. The summed E-state index contributed by atoms with van der Waals surface area (Å²) in [7, 11) is 0. The van der Waals surface area contributed by atoms with E-state index in [1.54, 1.807) is 30.3 Å². The van der Waals surface area contributed by atoms with Gasteiger partial charge < -0.3 is 5.32 Å². The molecule has 5 rings (SSSR count). The molecule has 7 nitrogen and oxygen atoms in total. The van der Waals surface area contributed by atoms with E-state index in [4.69, 9.17) is 11.6 Å². The molecule has 192 valence electrons. The second-order valence-electron chi connectivity index (χ2n) is 8.99. The molecule has 37 heavy (non-hydrogen) atoms. The molecule has 2 aliphatic rings. The van der Waals surface area contributed by atoms with Crippen LogP contribution < -0.4 is 5.32 Å². The number of para-hydroxylation sites is 2. The van der Waals surface area contributed by atoms with Crippen molar-refractivity contribution < 1.29 is 23.0 Å². The zero-order valence-corrected chi connectivity index (χ0v) is 20.5. The molecule has 0 aromatic heterocycles. The lowest BCUT2D eigenvalue weighted by atomic mass is 9.76. The first-order chi connectivity index (χ1) is 17.6. The molecule has 5 unspecified atom stereocenters. The van der Waals surface area contributed by atoms with E-state index in [2.05, 4.69) is 5.32 Å². The lowest BCUT2D eigenvalue weighted by Crippen LogP contribution is -2.32. The minimum Gasteiger partial charge on any atom is -0.377 e. The van der Waals surface area contributed by atoms with E-state index in [0.29, 0.717) is 22.4 Å². The summed E-state index contributed by atoms with van der Waals surface area (Å²) in [5, 5.41) is 25.0. The average Bonchev–Trinajstić information content (AvgIpc) is 3.18. The molecule has 0 amide bonds. The number of hydrogen-bond acceptors (Lipinski definition) is 6. The first-order valence-electron chi connectivity index (χ1n) is 11.3. The molecule has 1 heterocycles. The van der Waals surface area contributed by atoms with Gasteiger partial charge in [0.25, 0.3) is 11.4 Å². The number of hydrogen-bond donors (Lipinski definition) is 1. The molecule has 1 saturated carbocycles. The molecule has 0 spiro atoms. The number of nitro benzene ring substituents is 2. The molecule has 1 aliphatic heterocycles. The molecule has 5 atom stereocenters. The molecule has 1 aliphatic carbocycles. The van der Waals surface area contributed by atoms with Gasteiger partial charge in [-0.3, -0.25) is 20.2 Å². The highest BCUT2D eigenvalue weighted by atomic mass is 35.5. The van der Waals surface area contributed by atoms with E-state index in [0.717, 1.165) is 6.07 Å². The van der Waals surface area contributed by atoms with E-state index in [1.165, 1.54) is 42.1 Å². The number of anilines is 1. The summed E-state index contributed by atoms with van der Waals surface area (Å²) in [6, 6.07) is 15.4. The SMILES string of the molecule is O=[N+]([O-])c1cccc(C2Nc3c(cccc3C(F)(F)F)C3C(Cl)C(Sc4ccccc4[N+](=O)[O-])CC23)c1. The first-order valence-corrected chi connectivity index (χ1v) is 12.6. The Morgan fingerprint density at radius 3 is 2.41 bits per heavy atom. The molecule has 1 fully saturated rings. The Bertz CT molecular complexity index is 1390. The van der Waals surface area contributed by atoms with Crippen molar-refractivity contribution in [3.63, 3.8) is 0 Å². The second-order valence-corrected chi connectivity index (χ2v) is 10.8.